The monoisotopic (exact) mass is 287 g/mol. The minimum absolute atomic E-state index is 0.153. The molecule has 3 rings (SSSR count). The summed E-state index contributed by atoms with van der Waals surface area (Å²) in [7, 11) is 0. The first-order valence-corrected chi connectivity index (χ1v) is 8.40. The van der Waals surface area contributed by atoms with E-state index in [-0.39, 0.29) is 17.1 Å². The second kappa shape index (κ2) is 5.40. The minimum Gasteiger partial charge on any atom is -0.375 e. The van der Waals surface area contributed by atoms with Crippen molar-refractivity contribution in [2.24, 2.45) is 11.7 Å². The molecule has 2 fully saturated rings. The molecule has 1 aromatic rings. The number of nitrogens with two attached hydrogens (primary N) is 1. The summed E-state index contributed by atoms with van der Waals surface area (Å²) >= 11 is 0. The maximum absolute atomic E-state index is 6.57. The quantitative estimate of drug-likeness (QED) is 0.878. The molecule has 0 amide bonds. The molecule has 1 saturated heterocycles. The van der Waals surface area contributed by atoms with Crippen LogP contribution in [0.3, 0.4) is 0 Å². The van der Waals surface area contributed by atoms with Crippen LogP contribution in [0, 0.1) is 5.92 Å². The molecule has 2 nitrogen and oxygen atoms in total. The van der Waals surface area contributed by atoms with E-state index in [0.717, 1.165) is 19.4 Å². The van der Waals surface area contributed by atoms with Crippen molar-refractivity contribution in [1.82, 2.24) is 0 Å². The molecule has 1 spiro atoms. The highest BCUT2D eigenvalue weighted by atomic mass is 16.5. The summed E-state index contributed by atoms with van der Waals surface area (Å²) in [5.41, 5.74) is 9.62. The van der Waals surface area contributed by atoms with Crippen molar-refractivity contribution in [3.8, 4) is 0 Å². The number of benzene rings is 1. The van der Waals surface area contributed by atoms with Crippen molar-refractivity contribution >= 4 is 0 Å². The third-order valence-electron chi connectivity index (χ3n) is 5.47. The van der Waals surface area contributed by atoms with Gasteiger partial charge in [0.1, 0.15) is 0 Å². The van der Waals surface area contributed by atoms with Crippen molar-refractivity contribution in [2.45, 2.75) is 69.9 Å². The number of hydrogen-bond donors (Lipinski definition) is 1. The van der Waals surface area contributed by atoms with E-state index in [1.54, 1.807) is 0 Å². The summed E-state index contributed by atoms with van der Waals surface area (Å²) in [6.07, 6.45) is 6.04. The van der Waals surface area contributed by atoms with Gasteiger partial charge in [0, 0.05) is 12.6 Å². The van der Waals surface area contributed by atoms with Crippen LogP contribution in [0.1, 0.15) is 70.0 Å². The first-order valence-electron chi connectivity index (χ1n) is 8.40. The van der Waals surface area contributed by atoms with Crippen molar-refractivity contribution in [3.63, 3.8) is 0 Å². The number of ether oxygens (including phenoxy) is 1. The van der Waals surface area contributed by atoms with Gasteiger partial charge >= 0.3 is 0 Å². The Hall–Kier alpha value is -0.860. The van der Waals surface area contributed by atoms with Gasteiger partial charge in [0.2, 0.25) is 0 Å². The maximum Gasteiger partial charge on any atom is 0.0686 e. The van der Waals surface area contributed by atoms with Gasteiger partial charge in [-0.2, -0.15) is 0 Å². The Bertz CT molecular complexity index is 481. The van der Waals surface area contributed by atoms with Crippen LogP contribution in [0.5, 0.6) is 0 Å². The van der Waals surface area contributed by atoms with Crippen molar-refractivity contribution in [1.29, 1.82) is 0 Å². The van der Waals surface area contributed by atoms with E-state index in [1.807, 2.05) is 0 Å². The van der Waals surface area contributed by atoms with Crippen LogP contribution in [0.15, 0.2) is 24.3 Å². The molecule has 0 radical (unpaired) electrons. The van der Waals surface area contributed by atoms with E-state index >= 15 is 0 Å². The van der Waals surface area contributed by atoms with E-state index < -0.39 is 0 Å². The van der Waals surface area contributed by atoms with Gasteiger partial charge in [-0.15, -0.1) is 0 Å². The third-order valence-corrected chi connectivity index (χ3v) is 5.47. The summed E-state index contributed by atoms with van der Waals surface area (Å²) in [6.45, 7) is 7.64. The summed E-state index contributed by atoms with van der Waals surface area (Å²) in [5.74, 6) is 0.569. The van der Waals surface area contributed by atoms with E-state index in [1.165, 1.54) is 30.4 Å². The van der Waals surface area contributed by atoms with Gasteiger partial charge in [-0.1, -0.05) is 45.0 Å². The average molecular weight is 287 g/mol. The molecule has 0 bridgehead atoms. The minimum atomic E-state index is 0.153. The molecule has 1 aliphatic carbocycles. The molecule has 21 heavy (non-hydrogen) atoms. The second-order valence-corrected chi connectivity index (χ2v) is 8.04. The molecule has 2 unspecified atom stereocenters. The summed E-state index contributed by atoms with van der Waals surface area (Å²) in [6, 6.07) is 9.10. The molecule has 2 N–H and O–H groups in total. The Morgan fingerprint density at radius 1 is 1.19 bits per heavy atom. The molecule has 1 heterocycles. The van der Waals surface area contributed by atoms with Crippen molar-refractivity contribution in [2.75, 3.05) is 6.61 Å². The first-order chi connectivity index (χ1) is 9.90. The molecule has 2 aliphatic rings. The van der Waals surface area contributed by atoms with Gasteiger partial charge in [0.15, 0.2) is 0 Å². The van der Waals surface area contributed by atoms with E-state index in [4.69, 9.17) is 10.5 Å². The molecule has 1 aromatic carbocycles. The summed E-state index contributed by atoms with van der Waals surface area (Å²) in [5, 5.41) is 0. The van der Waals surface area contributed by atoms with E-state index in [9.17, 15) is 0 Å². The Morgan fingerprint density at radius 2 is 1.86 bits per heavy atom. The Morgan fingerprint density at radius 3 is 2.38 bits per heavy atom. The molecular weight excluding hydrogens is 258 g/mol. The topological polar surface area (TPSA) is 35.2 Å². The van der Waals surface area contributed by atoms with Crippen molar-refractivity contribution < 1.29 is 4.74 Å². The lowest BCUT2D eigenvalue weighted by molar-refractivity contribution is -0.146. The summed E-state index contributed by atoms with van der Waals surface area (Å²) in [4.78, 5) is 0. The van der Waals surface area contributed by atoms with E-state index in [0.29, 0.717) is 5.92 Å². The van der Waals surface area contributed by atoms with Crippen LogP contribution >= 0.6 is 0 Å². The lowest BCUT2D eigenvalue weighted by Gasteiger charge is -2.48. The van der Waals surface area contributed by atoms with Gasteiger partial charge in [-0.25, -0.2) is 0 Å². The molecule has 1 saturated carbocycles. The Labute approximate surface area is 129 Å². The van der Waals surface area contributed by atoms with Gasteiger partial charge in [0.05, 0.1) is 5.60 Å². The highest BCUT2D eigenvalue weighted by Gasteiger charge is 2.43. The molecule has 2 atom stereocenters. The molecular formula is C19H29NO. The van der Waals surface area contributed by atoms with Gasteiger partial charge in [-0.05, 0) is 54.6 Å². The smallest absolute Gasteiger partial charge is 0.0686 e. The van der Waals surface area contributed by atoms with Gasteiger partial charge in [0.25, 0.3) is 0 Å². The lowest BCUT2D eigenvalue weighted by Crippen LogP contribution is -2.47. The largest absolute Gasteiger partial charge is 0.375 e. The zero-order valence-electron chi connectivity index (χ0n) is 13.7. The van der Waals surface area contributed by atoms with Crippen LogP contribution in [0.4, 0.5) is 0 Å². The first kappa shape index (κ1) is 15.1. The van der Waals surface area contributed by atoms with Crippen LogP contribution < -0.4 is 5.73 Å². The van der Waals surface area contributed by atoms with Crippen LogP contribution in [0.25, 0.3) is 0 Å². The van der Waals surface area contributed by atoms with Crippen LogP contribution in [-0.2, 0) is 10.2 Å². The standard InChI is InChI=1S/C19H29NO/c1-18(2,3)16-7-5-14(6-8-16)17(20)15-9-12-21-19(13-15)10-4-11-19/h5-8,15,17H,4,9-13,20H2,1-3H3. The Kier molecular flexibility index (Phi) is 3.87. The predicted octanol–water partition coefficient (Wildman–Crippen LogP) is 4.33. The van der Waals surface area contributed by atoms with Gasteiger partial charge < -0.3 is 10.5 Å². The predicted molar refractivity (Wildman–Crippen MR) is 87.3 cm³/mol. The zero-order valence-corrected chi connectivity index (χ0v) is 13.7. The van der Waals surface area contributed by atoms with E-state index in [2.05, 4.69) is 45.0 Å². The fraction of sp³-hybridized carbons (Fsp3) is 0.684. The van der Waals surface area contributed by atoms with Gasteiger partial charge in [-0.3, -0.25) is 0 Å². The molecule has 0 aromatic heterocycles. The normalized spacial score (nSPS) is 26.4. The molecule has 2 heteroatoms. The average Bonchev–Trinajstić information content (AvgIpc) is 2.44. The fourth-order valence-electron chi connectivity index (χ4n) is 3.77. The third kappa shape index (κ3) is 3.02. The highest BCUT2D eigenvalue weighted by molar-refractivity contribution is 5.29. The SMILES string of the molecule is CC(C)(C)c1ccc(C(N)C2CCOC3(CCC3)C2)cc1. The van der Waals surface area contributed by atoms with Crippen LogP contribution in [0.2, 0.25) is 0 Å². The zero-order chi connectivity index (χ0) is 15.1. The molecule has 1 aliphatic heterocycles. The van der Waals surface area contributed by atoms with Crippen LogP contribution in [-0.4, -0.2) is 12.2 Å². The lowest BCUT2D eigenvalue weighted by atomic mass is 9.70. The highest BCUT2D eigenvalue weighted by Crippen LogP contribution is 2.46. The second-order valence-electron chi connectivity index (χ2n) is 8.04. The number of rotatable bonds is 2. The number of hydrogen-bond acceptors (Lipinski definition) is 2. The summed E-state index contributed by atoms with van der Waals surface area (Å²) < 4.78 is 6.03. The molecule has 116 valence electrons. The fourth-order valence-corrected chi connectivity index (χ4v) is 3.77. The maximum atomic E-state index is 6.57. The van der Waals surface area contributed by atoms with Crippen molar-refractivity contribution in [3.05, 3.63) is 35.4 Å². The Balaban J connectivity index is 1.71.